The molecule has 1 unspecified atom stereocenters. The summed E-state index contributed by atoms with van der Waals surface area (Å²) in [6.07, 6.45) is 4.42. The van der Waals surface area contributed by atoms with Crippen molar-refractivity contribution >= 4 is 12.0 Å². The highest BCUT2D eigenvalue weighted by molar-refractivity contribution is 5.71. The Morgan fingerprint density at radius 2 is 2.05 bits per heavy atom. The third-order valence-corrected chi connectivity index (χ3v) is 3.21. The molecule has 1 aliphatic heterocycles. The minimum absolute atomic E-state index is 0.163. The van der Waals surface area contributed by atoms with Crippen molar-refractivity contribution < 1.29 is 19.0 Å². The van der Waals surface area contributed by atoms with Gasteiger partial charge in [-0.2, -0.15) is 0 Å². The molecule has 0 spiro atoms. The summed E-state index contributed by atoms with van der Waals surface area (Å²) in [6.45, 7) is 7.32. The lowest BCUT2D eigenvalue weighted by atomic mass is 10.1. The first-order valence-corrected chi connectivity index (χ1v) is 6.64. The molecule has 4 heteroatoms. The van der Waals surface area contributed by atoms with E-state index in [1.54, 1.807) is 18.2 Å². The highest BCUT2D eigenvalue weighted by Gasteiger charge is 2.20. The Hall–Kier alpha value is -2.49. The molecule has 0 radical (unpaired) electrons. The van der Waals surface area contributed by atoms with Gasteiger partial charge < -0.3 is 14.2 Å². The van der Waals surface area contributed by atoms with E-state index in [2.05, 4.69) is 6.58 Å². The number of esters is 1. The van der Waals surface area contributed by atoms with Crippen molar-refractivity contribution in [2.75, 3.05) is 6.61 Å². The summed E-state index contributed by atoms with van der Waals surface area (Å²) in [4.78, 5) is 11.8. The van der Waals surface area contributed by atoms with Gasteiger partial charge in [0, 0.05) is 5.57 Å². The Balaban J connectivity index is 1.85. The van der Waals surface area contributed by atoms with Gasteiger partial charge in [-0.05, 0) is 43.2 Å². The summed E-state index contributed by atoms with van der Waals surface area (Å²) in [5.41, 5.74) is 2.89. The molecule has 0 N–H and O–H groups in total. The largest absolute Gasteiger partial charge is 0.482 e. The first-order valence-electron chi connectivity index (χ1n) is 6.64. The maximum atomic E-state index is 11.8. The fraction of sp³-hybridized carbons (Fsp3) is 0.235. The maximum absolute atomic E-state index is 11.8. The van der Waals surface area contributed by atoms with E-state index in [1.807, 2.05) is 32.1 Å². The molecule has 0 fully saturated rings. The number of rotatable bonds is 5. The molecule has 4 nitrogen and oxygen atoms in total. The van der Waals surface area contributed by atoms with Crippen LogP contribution in [0.2, 0.25) is 0 Å². The topological polar surface area (TPSA) is 44.8 Å². The minimum atomic E-state index is -0.672. The molecule has 1 aromatic rings. The molecule has 1 atom stereocenters. The van der Waals surface area contributed by atoms with Crippen molar-refractivity contribution in [2.24, 2.45) is 0 Å². The Labute approximate surface area is 124 Å². The van der Waals surface area contributed by atoms with E-state index in [1.165, 1.54) is 6.26 Å². The van der Waals surface area contributed by atoms with Gasteiger partial charge in [-0.15, -0.1) is 0 Å². The molecule has 0 saturated carbocycles. The van der Waals surface area contributed by atoms with E-state index in [0.29, 0.717) is 5.75 Å². The smallest absolute Gasteiger partial charge is 0.347 e. The van der Waals surface area contributed by atoms with E-state index in [0.717, 1.165) is 16.7 Å². The summed E-state index contributed by atoms with van der Waals surface area (Å²) >= 11 is 0. The highest BCUT2D eigenvalue weighted by atomic mass is 16.7. The summed E-state index contributed by atoms with van der Waals surface area (Å²) in [6, 6.07) is 7.27. The second-order valence-corrected chi connectivity index (χ2v) is 4.69. The third-order valence-electron chi connectivity index (χ3n) is 3.21. The fourth-order valence-electron chi connectivity index (χ4n) is 1.74. The number of hydrogen-bond donors (Lipinski definition) is 0. The molecule has 0 saturated heterocycles. The molecule has 0 aromatic heterocycles. The molecule has 1 heterocycles. The molecule has 110 valence electrons. The van der Waals surface area contributed by atoms with Crippen molar-refractivity contribution in [2.45, 2.75) is 20.1 Å². The standard InChI is InChI=1S/C17H18O4/c1-4-14-5-7-15(8-6-14)20-11-16(18)21-17-13(3)12(2)9-10-19-17/h4-10,17H,1,11H2,2-3H3. The molecule has 1 aromatic carbocycles. The first kappa shape index (κ1) is 14.9. The number of ether oxygens (including phenoxy) is 3. The van der Waals surface area contributed by atoms with Crippen LogP contribution in [0.1, 0.15) is 19.4 Å². The SMILES string of the molecule is C=Cc1ccc(OCC(=O)OC2OC=CC(C)=C2C)cc1. The Morgan fingerprint density at radius 1 is 1.33 bits per heavy atom. The van der Waals surface area contributed by atoms with Gasteiger partial charge in [-0.25, -0.2) is 4.79 Å². The lowest BCUT2D eigenvalue weighted by Crippen LogP contribution is -2.26. The predicted octanol–water partition coefficient (Wildman–Crippen LogP) is 3.46. The molecule has 0 aliphatic carbocycles. The van der Waals surface area contributed by atoms with E-state index in [4.69, 9.17) is 14.2 Å². The molecular formula is C17H18O4. The average molecular weight is 286 g/mol. The number of hydrogen-bond acceptors (Lipinski definition) is 4. The minimum Gasteiger partial charge on any atom is -0.482 e. The van der Waals surface area contributed by atoms with Gasteiger partial charge >= 0.3 is 5.97 Å². The Morgan fingerprint density at radius 3 is 2.71 bits per heavy atom. The van der Waals surface area contributed by atoms with Crippen LogP contribution in [0, 0.1) is 0 Å². The van der Waals surface area contributed by atoms with Crippen LogP contribution in [0.4, 0.5) is 0 Å². The quantitative estimate of drug-likeness (QED) is 0.778. The molecular weight excluding hydrogens is 268 g/mol. The Bertz CT molecular complexity index is 581. The van der Waals surface area contributed by atoms with Gasteiger partial charge in [0.15, 0.2) is 6.61 Å². The van der Waals surface area contributed by atoms with Crippen LogP contribution in [0.5, 0.6) is 5.75 Å². The molecule has 0 amide bonds. The zero-order valence-electron chi connectivity index (χ0n) is 12.2. The lowest BCUT2D eigenvalue weighted by molar-refractivity contribution is -0.166. The van der Waals surface area contributed by atoms with Gasteiger partial charge in [0.05, 0.1) is 6.26 Å². The second kappa shape index (κ2) is 6.79. The van der Waals surface area contributed by atoms with Crippen LogP contribution in [0.15, 0.2) is 54.3 Å². The summed E-state index contributed by atoms with van der Waals surface area (Å²) in [7, 11) is 0. The number of allylic oxidation sites excluding steroid dienone is 2. The summed E-state index contributed by atoms with van der Waals surface area (Å²) in [5.74, 6) is 0.126. The van der Waals surface area contributed by atoms with Crippen molar-refractivity contribution in [3.05, 3.63) is 59.9 Å². The monoisotopic (exact) mass is 286 g/mol. The summed E-state index contributed by atoms with van der Waals surface area (Å²) in [5, 5.41) is 0. The fourth-order valence-corrected chi connectivity index (χ4v) is 1.74. The van der Waals surface area contributed by atoms with Crippen molar-refractivity contribution in [1.29, 1.82) is 0 Å². The van der Waals surface area contributed by atoms with Crippen LogP contribution in [0.3, 0.4) is 0 Å². The molecule has 0 bridgehead atoms. The van der Waals surface area contributed by atoms with E-state index >= 15 is 0 Å². The maximum Gasteiger partial charge on any atom is 0.347 e. The van der Waals surface area contributed by atoms with Gasteiger partial charge in [0.25, 0.3) is 6.29 Å². The van der Waals surface area contributed by atoms with Crippen LogP contribution >= 0.6 is 0 Å². The normalized spacial score (nSPS) is 17.1. The van der Waals surface area contributed by atoms with Gasteiger partial charge in [0.2, 0.25) is 0 Å². The third kappa shape index (κ3) is 3.99. The predicted molar refractivity (Wildman–Crippen MR) is 80.5 cm³/mol. The van der Waals surface area contributed by atoms with Gasteiger partial charge in [-0.1, -0.05) is 24.8 Å². The van der Waals surface area contributed by atoms with Crippen molar-refractivity contribution in [3.8, 4) is 5.75 Å². The van der Waals surface area contributed by atoms with Crippen LogP contribution < -0.4 is 4.74 Å². The number of carbonyl (C=O) groups is 1. The van der Waals surface area contributed by atoms with E-state index in [9.17, 15) is 4.79 Å². The zero-order chi connectivity index (χ0) is 15.2. The molecule has 2 rings (SSSR count). The van der Waals surface area contributed by atoms with Crippen LogP contribution in [-0.2, 0) is 14.3 Å². The van der Waals surface area contributed by atoms with Gasteiger partial charge in [0.1, 0.15) is 5.75 Å². The lowest BCUT2D eigenvalue weighted by Gasteiger charge is -2.22. The summed E-state index contributed by atoms with van der Waals surface area (Å²) < 4.78 is 15.9. The zero-order valence-corrected chi connectivity index (χ0v) is 12.2. The van der Waals surface area contributed by atoms with Crippen molar-refractivity contribution in [3.63, 3.8) is 0 Å². The van der Waals surface area contributed by atoms with E-state index < -0.39 is 12.3 Å². The average Bonchev–Trinajstić information content (AvgIpc) is 2.50. The van der Waals surface area contributed by atoms with Crippen molar-refractivity contribution in [1.82, 2.24) is 0 Å². The number of carbonyl (C=O) groups excluding carboxylic acids is 1. The van der Waals surface area contributed by atoms with E-state index in [-0.39, 0.29) is 6.61 Å². The van der Waals surface area contributed by atoms with Crippen LogP contribution in [0.25, 0.3) is 6.08 Å². The first-order chi connectivity index (χ1) is 10.1. The second-order valence-electron chi connectivity index (χ2n) is 4.69. The number of benzene rings is 1. The molecule has 1 aliphatic rings. The highest BCUT2D eigenvalue weighted by Crippen LogP contribution is 2.19. The molecule has 21 heavy (non-hydrogen) atoms. The van der Waals surface area contributed by atoms with Crippen LogP contribution in [-0.4, -0.2) is 18.9 Å². The van der Waals surface area contributed by atoms with Gasteiger partial charge in [-0.3, -0.25) is 0 Å². The Kier molecular flexibility index (Phi) is 4.82.